The van der Waals surface area contributed by atoms with Gasteiger partial charge in [-0.25, -0.2) is 0 Å². The van der Waals surface area contributed by atoms with Crippen LogP contribution in [0, 0.1) is 11.8 Å². The molecule has 4 heterocycles. The van der Waals surface area contributed by atoms with Gasteiger partial charge in [0.15, 0.2) is 5.82 Å². The van der Waals surface area contributed by atoms with Gasteiger partial charge in [0.1, 0.15) is 0 Å². The van der Waals surface area contributed by atoms with Crippen LogP contribution in [0.3, 0.4) is 0 Å². The molecule has 1 spiro atoms. The quantitative estimate of drug-likeness (QED) is 0.788. The minimum absolute atomic E-state index is 0.0710. The fraction of sp³-hybridized carbons (Fsp3) is 0.857. The fourth-order valence-corrected chi connectivity index (χ4v) is 5.09. The molecule has 7 nitrogen and oxygen atoms in total. The van der Waals surface area contributed by atoms with Gasteiger partial charge in [-0.3, -0.25) is 4.79 Å². The summed E-state index contributed by atoms with van der Waals surface area (Å²) in [6.45, 7) is 3.87. The minimum atomic E-state index is -0.0710. The smallest absolute Gasteiger partial charge is 0.229 e. The maximum Gasteiger partial charge on any atom is 0.229 e. The molecule has 5 rings (SSSR count). The van der Waals surface area contributed by atoms with E-state index in [0.29, 0.717) is 17.7 Å². The summed E-state index contributed by atoms with van der Waals surface area (Å²) in [4.78, 5) is 19.5. The monoisotopic (exact) mass is 389 g/mol. The number of hydrogen-bond donors (Lipinski definition) is 0. The third kappa shape index (κ3) is 3.96. The molecule has 1 atom stereocenters. The van der Waals surface area contributed by atoms with Crippen molar-refractivity contribution in [2.75, 3.05) is 32.9 Å². The van der Waals surface area contributed by atoms with Crippen LogP contribution in [0.25, 0.3) is 0 Å². The van der Waals surface area contributed by atoms with Gasteiger partial charge in [-0.05, 0) is 57.3 Å². The van der Waals surface area contributed by atoms with Crippen molar-refractivity contribution in [2.24, 2.45) is 11.8 Å². The molecule has 1 aliphatic carbocycles. The van der Waals surface area contributed by atoms with Crippen LogP contribution in [0.5, 0.6) is 0 Å². The van der Waals surface area contributed by atoms with Gasteiger partial charge in [0, 0.05) is 51.2 Å². The number of piperidine rings is 1. The highest BCUT2D eigenvalue weighted by Gasteiger charge is 2.42. The Bertz CT molecular complexity index is 688. The zero-order valence-electron chi connectivity index (χ0n) is 16.6. The van der Waals surface area contributed by atoms with E-state index in [1.165, 1.54) is 12.8 Å². The maximum atomic E-state index is 12.8. The number of hydrogen-bond acceptors (Lipinski definition) is 6. The van der Waals surface area contributed by atoms with Crippen molar-refractivity contribution in [3.8, 4) is 0 Å². The molecule has 1 unspecified atom stereocenters. The van der Waals surface area contributed by atoms with E-state index in [2.05, 4.69) is 15.0 Å². The van der Waals surface area contributed by atoms with Crippen molar-refractivity contribution in [3.05, 3.63) is 11.7 Å². The van der Waals surface area contributed by atoms with Crippen molar-refractivity contribution in [2.45, 2.75) is 69.3 Å². The second kappa shape index (κ2) is 7.75. The molecule has 1 aromatic rings. The van der Waals surface area contributed by atoms with Gasteiger partial charge < -0.3 is 18.9 Å². The Hall–Kier alpha value is -1.47. The lowest BCUT2D eigenvalue weighted by Crippen LogP contribution is -2.52. The zero-order chi connectivity index (χ0) is 19.0. The molecule has 0 aromatic carbocycles. The number of nitrogens with zero attached hydrogens (tertiary/aromatic N) is 3. The predicted octanol–water partition coefficient (Wildman–Crippen LogP) is 2.70. The summed E-state index contributed by atoms with van der Waals surface area (Å²) < 4.78 is 17.1. The highest BCUT2D eigenvalue weighted by molar-refractivity contribution is 5.79. The molecule has 154 valence electrons. The molecule has 7 heteroatoms. The predicted molar refractivity (Wildman–Crippen MR) is 101 cm³/mol. The van der Waals surface area contributed by atoms with E-state index in [0.717, 1.165) is 89.6 Å². The van der Waals surface area contributed by atoms with Crippen molar-refractivity contribution >= 4 is 5.91 Å². The lowest BCUT2D eigenvalue weighted by atomic mass is 9.78. The standard InChI is InChI=1S/C21H31N3O4/c25-20(17-4-10-26-11-5-17)24-8-6-21(7-9-24)14-15(3-12-27-21)13-18-22-19(28-23-18)16-1-2-16/h15-17H,1-14H2. The number of rotatable bonds is 4. The van der Waals surface area contributed by atoms with E-state index in [4.69, 9.17) is 14.0 Å². The van der Waals surface area contributed by atoms with Crippen molar-refractivity contribution in [1.82, 2.24) is 15.0 Å². The molecule has 1 amide bonds. The summed E-state index contributed by atoms with van der Waals surface area (Å²) in [7, 11) is 0. The second-order valence-corrected chi connectivity index (χ2v) is 9.13. The average molecular weight is 389 g/mol. The van der Waals surface area contributed by atoms with Crippen molar-refractivity contribution in [1.29, 1.82) is 0 Å². The van der Waals surface area contributed by atoms with Crippen LogP contribution >= 0.6 is 0 Å². The summed E-state index contributed by atoms with van der Waals surface area (Å²) in [5.74, 6) is 3.22. The fourth-order valence-electron chi connectivity index (χ4n) is 5.09. The first kappa shape index (κ1) is 18.6. The van der Waals surface area contributed by atoms with Gasteiger partial charge in [-0.15, -0.1) is 0 Å². The number of ether oxygens (including phenoxy) is 2. The molecule has 1 saturated carbocycles. The molecule has 0 radical (unpaired) electrons. The summed E-state index contributed by atoms with van der Waals surface area (Å²) in [5, 5.41) is 4.20. The van der Waals surface area contributed by atoms with Gasteiger partial charge in [-0.2, -0.15) is 4.98 Å². The normalized spacial score (nSPS) is 28.6. The minimum Gasteiger partial charge on any atom is -0.381 e. The summed E-state index contributed by atoms with van der Waals surface area (Å²) in [6.07, 6.45) is 8.97. The molecule has 0 bridgehead atoms. The highest BCUT2D eigenvalue weighted by atomic mass is 16.5. The first-order valence-corrected chi connectivity index (χ1v) is 11.0. The van der Waals surface area contributed by atoms with Crippen LogP contribution in [0.1, 0.15) is 69.0 Å². The Morgan fingerprint density at radius 1 is 1.07 bits per heavy atom. The third-order valence-electron chi connectivity index (χ3n) is 7.03. The van der Waals surface area contributed by atoms with Crippen LogP contribution in [-0.4, -0.2) is 59.5 Å². The van der Waals surface area contributed by atoms with E-state index in [-0.39, 0.29) is 11.5 Å². The average Bonchev–Trinajstić information content (AvgIpc) is 3.48. The van der Waals surface area contributed by atoms with Crippen LogP contribution < -0.4 is 0 Å². The van der Waals surface area contributed by atoms with Crippen LogP contribution in [0.4, 0.5) is 0 Å². The lowest BCUT2D eigenvalue weighted by Gasteiger charge is -2.46. The highest BCUT2D eigenvalue weighted by Crippen LogP contribution is 2.41. The Balaban J connectivity index is 1.15. The van der Waals surface area contributed by atoms with E-state index in [1.807, 2.05) is 0 Å². The first-order valence-electron chi connectivity index (χ1n) is 11.0. The molecule has 28 heavy (non-hydrogen) atoms. The van der Waals surface area contributed by atoms with Gasteiger partial charge >= 0.3 is 0 Å². The Morgan fingerprint density at radius 3 is 2.61 bits per heavy atom. The lowest BCUT2D eigenvalue weighted by molar-refractivity contribution is -0.152. The van der Waals surface area contributed by atoms with Gasteiger partial charge in [0.05, 0.1) is 5.60 Å². The number of carbonyl (C=O) groups excluding carboxylic acids is 1. The van der Waals surface area contributed by atoms with Crippen LogP contribution in [-0.2, 0) is 20.7 Å². The molecule has 3 aliphatic heterocycles. The molecular formula is C21H31N3O4. The van der Waals surface area contributed by atoms with Gasteiger partial charge in [0.2, 0.25) is 11.8 Å². The Morgan fingerprint density at radius 2 is 1.86 bits per heavy atom. The number of aromatic nitrogens is 2. The van der Waals surface area contributed by atoms with E-state index >= 15 is 0 Å². The van der Waals surface area contributed by atoms with Crippen LogP contribution in [0.2, 0.25) is 0 Å². The van der Waals surface area contributed by atoms with Crippen LogP contribution in [0.15, 0.2) is 4.52 Å². The summed E-state index contributed by atoms with van der Waals surface area (Å²) in [5.41, 5.74) is -0.0710. The second-order valence-electron chi connectivity index (χ2n) is 9.13. The van der Waals surface area contributed by atoms with Crippen molar-refractivity contribution < 1.29 is 18.8 Å². The summed E-state index contributed by atoms with van der Waals surface area (Å²) in [6, 6.07) is 0. The third-order valence-corrected chi connectivity index (χ3v) is 7.03. The Kier molecular flexibility index (Phi) is 5.13. The van der Waals surface area contributed by atoms with Gasteiger partial charge in [0.25, 0.3) is 0 Å². The zero-order valence-corrected chi connectivity index (χ0v) is 16.6. The largest absolute Gasteiger partial charge is 0.381 e. The summed E-state index contributed by atoms with van der Waals surface area (Å²) >= 11 is 0. The molecule has 4 aliphatic rings. The van der Waals surface area contributed by atoms with E-state index in [9.17, 15) is 4.79 Å². The molecule has 1 aromatic heterocycles. The molecule has 3 saturated heterocycles. The number of carbonyl (C=O) groups is 1. The number of amides is 1. The topological polar surface area (TPSA) is 77.7 Å². The van der Waals surface area contributed by atoms with Crippen molar-refractivity contribution in [3.63, 3.8) is 0 Å². The van der Waals surface area contributed by atoms with E-state index < -0.39 is 0 Å². The maximum absolute atomic E-state index is 12.8. The SMILES string of the molecule is O=C(C1CCOCC1)N1CCC2(CC1)CC(Cc1noc(C3CC3)n1)CCO2. The molecule has 0 N–H and O–H groups in total. The Labute approximate surface area is 166 Å². The number of likely N-dealkylation sites (tertiary alicyclic amines) is 1. The van der Waals surface area contributed by atoms with E-state index in [1.54, 1.807) is 0 Å². The van der Waals surface area contributed by atoms with Gasteiger partial charge in [-0.1, -0.05) is 5.16 Å². The first-order chi connectivity index (χ1) is 13.7. The molecule has 4 fully saturated rings. The molecular weight excluding hydrogens is 358 g/mol.